The van der Waals surface area contributed by atoms with Gasteiger partial charge in [-0.25, -0.2) is 0 Å². The summed E-state index contributed by atoms with van der Waals surface area (Å²) in [5.74, 6) is 1.42. The zero-order valence-electron chi connectivity index (χ0n) is 10.6. The van der Waals surface area contributed by atoms with Gasteiger partial charge in [0.2, 0.25) is 0 Å². The molecular weight excluding hydrogens is 184 g/mol. The maximum absolute atomic E-state index is 10.6. The minimum Gasteiger partial charge on any atom is -0.390 e. The van der Waals surface area contributed by atoms with Crippen molar-refractivity contribution in [2.45, 2.75) is 71.3 Å². The molecule has 1 N–H and O–H groups in total. The number of fused-ring (bicyclic) bond motifs is 1. The molecule has 0 amide bonds. The molecule has 2 rings (SSSR count). The summed E-state index contributed by atoms with van der Waals surface area (Å²) in [5, 5.41) is 10.6. The van der Waals surface area contributed by atoms with Gasteiger partial charge in [-0.1, -0.05) is 33.6 Å². The van der Waals surface area contributed by atoms with Crippen molar-refractivity contribution in [2.75, 3.05) is 0 Å². The Morgan fingerprint density at radius 1 is 1.07 bits per heavy atom. The third kappa shape index (κ3) is 2.22. The molecule has 2 aliphatic rings. The first-order valence-electron chi connectivity index (χ1n) is 6.64. The van der Waals surface area contributed by atoms with Crippen LogP contribution in [-0.4, -0.2) is 10.7 Å². The van der Waals surface area contributed by atoms with Gasteiger partial charge in [0.15, 0.2) is 0 Å². The van der Waals surface area contributed by atoms with Crippen molar-refractivity contribution in [3.05, 3.63) is 0 Å². The van der Waals surface area contributed by atoms with E-state index in [-0.39, 0.29) is 5.60 Å². The fourth-order valence-corrected chi connectivity index (χ4v) is 3.63. The standard InChI is InChI=1S/C14H26O/c1-13(2,3)11-7-9-14(15)8-5-4-6-12(14)10-11/h11-12,15H,4-10H2,1-3H3. The zero-order chi connectivity index (χ0) is 11.1. The quantitative estimate of drug-likeness (QED) is 0.645. The van der Waals surface area contributed by atoms with Crippen LogP contribution in [0.1, 0.15) is 65.7 Å². The van der Waals surface area contributed by atoms with E-state index in [2.05, 4.69) is 20.8 Å². The van der Waals surface area contributed by atoms with Gasteiger partial charge in [-0.3, -0.25) is 0 Å². The van der Waals surface area contributed by atoms with Crippen LogP contribution in [-0.2, 0) is 0 Å². The van der Waals surface area contributed by atoms with Crippen molar-refractivity contribution >= 4 is 0 Å². The number of rotatable bonds is 0. The van der Waals surface area contributed by atoms with Crippen molar-refractivity contribution < 1.29 is 5.11 Å². The highest BCUT2D eigenvalue weighted by Crippen LogP contribution is 2.49. The summed E-state index contributed by atoms with van der Waals surface area (Å²) in [7, 11) is 0. The van der Waals surface area contributed by atoms with Gasteiger partial charge in [-0.2, -0.15) is 0 Å². The van der Waals surface area contributed by atoms with Crippen LogP contribution in [0.15, 0.2) is 0 Å². The Bertz CT molecular complexity index is 228. The first-order chi connectivity index (χ1) is 6.92. The summed E-state index contributed by atoms with van der Waals surface area (Å²) in [6.45, 7) is 7.06. The van der Waals surface area contributed by atoms with E-state index in [0.717, 1.165) is 18.8 Å². The van der Waals surface area contributed by atoms with Crippen molar-refractivity contribution in [1.29, 1.82) is 0 Å². The molecule has 0 radical (unpaired) electrons. The molecule has 0 bridgehead atoms. The Balaban J connectivity index is 2.05. The number of hydrogen-bond donors (Lipinski definition) is 1. The van der Waals surface area contributed by atoms with Crippen LogP contribution in [0.5, 0.6) is 0 Å². The molecule has 88 valence electrons. The van der Waals surface area contributed by atoms with Crippen LogP contribution in [0.25, 0.3) is 0 Å². The van der Waals surface area contributed by atoms with Crippen LogP contribution in [0, 0.1) is 17.3 Å². The maximum Gasteiger partial charge on any atom is 0.0676 e. The third-order valence-corrected chi connectivity index (χ3v) is 4.89. The van der Waals surface area contributed by atoms with E-state index in [9.17, 15) is 5.11 Å². The summed E-state index contributed by atoms with van der Waals surface area (Å²) in [6, 6.07) is 0. The van der Waals surface area contributed by atoms with E-state index in [0.29, 0.717) is 11.3 Å². The third-order valence-electron chi connectivity index (χ3n) is 4.89. The highest BCUT2D eigenvalue weighted by molar-refractivity contribution is 4.97. The first-order valence-corrected chi connectivity index (χ1v) is 6.64. The van der Waals surface area contributed by atoms with Gasteiger partial charge in [-0.15, -0.1) is 0 Å². The minimum absolute atomic E-state index is 0.278. The van der Waals surface area contributed by atoms with E-state index in [4.69, 9.17) is 0 Å². The van der Waals surface area contributed by atoms with Gasteiger partial charge in [0.05, 0.1) is 5.60 Å². The highest BCUT2D eigenvalue weighted by Gasteiger charge is 2.45. The zero-order valence-corrected chi connectivity index (χ0v) is 10.6. The largest absolute Gasteiger partial charge is 0.390 e. The fourth-order valence-electron chi connectivity index (χ4n) is 3.63. The Kier molecular flexibility index (Phi) is 2.87. The molecule has 1 nitrogen and oxygen atoms in total. The van der Waals surface area contributed by atoms with E-state index < -0.39 is 0 Å². The lowest BCUT2D eigenvalue weighted by molar-refractivity contribution is -0.0986. The van der Waals surface area contributed by atoms with Gasteiger partial charge < -0.3 is 5.11 Å². The molecule has 1 heteroatoms. The van der Waals surface area contributed by atoms with Crippen LogP contribution in [0.3, 0.4) is 0 Å². The van der Waals surface area contributed by atoms with Gasteiger partial charge >= 0.3 is 0 Å². The molecule has 2 aliphatic carbocycles. The summed E-state index contributed by atoms with van der Waals surface area (Å²) < 4.78 is 0. The predicted octanol–water partition coefficient (Wildman–Crippen LogP) is 3.75. The number of hydrogen-bond acceptors (Lipinski definition) is 1. The molecule has 15 heavy (non-hydrogen) atoms. The van der Waals surface area contributed by atoms with Crippen molar-refractivity contribution in [3.8, 4) is 0 Å². The molecule has 0 aromatic rings. The SMILES string of the molecule is CC(C)(C)C1CCC2(O)CCCCC2C1. The summed E-state index contributed by atoms with van der Waals surface area (Å²) >= 11 is 0. The molecule has 3 atom stereocenters. The molecule has 0 saturated heterocycles. The predicted molar refractivity (Wildman–Crippen MR) is 63.7 cm³/mol. The molecule has 2 saturated carbocycles. The second kappa shape index (κ2) is 3.76. The lowest BCUT2D eigenvalue weighted by Gasteiger charge is -2.49. The highest BCUT2D eigenvalue weighted by atomic mass is 16.3. The lowest BCUT2D eigenvalue weighted by Crippen LogP contribution is -2.46. The van der Waals surface area contributed by atoms with Crippen LogP contribution in [0.2, 0.25) is 0 Å². The van der Waals surface area contributed by atoms with Gasteiger partial charge in [0.25, 0.3) is 0 Å². The molecule has 0 spiro atoms. The average Bonchev–Trinajstić information content (AvgIpc) is 2.14. The van der Waals surface area contributed by atoms with Crippen LogP contribution >= 0.6 is 0 Å². The first kappa shape index (κ1) is 11.4. The van der Waals surface area contributed by atoms with Gasteiger partial charge in [-0.05, 0) is 49.4 Å². The van der Waals surface area contributed by atoms with Crippen LogP contribution in [0.4, 0.5) is 0 Å². The molecule has 2 fully saturated rings. The Morgan fingerprint density at radius 2 is 1.80 bits per heavy atom. The molecule has 0 aromatic carbocycles. The van der Waals surface area contributed by atoms with E-state index in [1.165, 1.54) is 32.1 Å². The Hall–Kier alpha value is -0.0400. The molecule has 0 aliphatic heterocycles. The van der Waals surface area contributed by atoms with Gasteiger partial charge in [0, 0.05) is 0 Å². The normalized spacial score (nSPS) is 42.4. The monoisotopic (exact) mass is 210 g/mol. The van der Waals surface area contributed by atoms with Gasteiger partial charge in [0.1, 0.15) is 0 Å². The minimum atomic E-state index is -0.278. The summed E-state index contributed by atoms with van der Waals surface area (Å²) in [6.07, 6.45) is 8.46. The molecular formula is C14H26O. The lowest BCUT2D eigenvalue weighted by atomic mass is 9.60. The van der Waals surface area contributed by atoms with Crippen LogP contribution < -0.4 is 0 Å². The molecule has 0 aromatic heterocycles. The summed E-state index contributed by atoms with van der Waals surface area (Å²) in [4.78, 5) is 0. The number of aliphatic hydroxyl groups is 1. The van der Waals surface area contributed by atoms with E-state index in [1.54, 1.807) is 0 Å². The Labute approximate surface area is 94.3 Å². The maximum atomic E-state index is 10.6. The Morgan fingerprint density at radius 3 is 2.47 bits per heavy atom. The fraction of sp³-hybridized carbons (Fsp3) is 1.00. The van der Waals surface area contributed by atoms with Crippen molar-refractivity contribution in [2.24, 2.45) is 17.3 Å². The van der Waals surface area contributed by atoms with E-state index in [1.807, 2.05) is 0 Å². The second-order valence-electron chi connectivity index (χ2n) is 6.88. The molecule has 3 unspecified atom stereocenters. The van der Waals surface area contributed by atoms with E-state index >= 15 is 0 Å². The van der Waals surface area contributed by atoms with Crippen molar-refractivity contribution in [3.63, 3.8) is 0 Å². The molecule has 0 heterocycles. The second-order valence-corrected chi connectivity index (χ2v) is 6.88. The van der Waals surface area contributed by atoms with Crippen molar-refractivity contribution in [1.82, 2.24) is 0 Å². The topological polar surface area (TPSA) is 20.2 Å². The summed E-state index contributed by atoms with van der Waals surface area (Å²) in [5.41, 5.74) is 0.152. The smallest absolute Gasteiger partial charge is 0.0676 e. The average molecular weight is 210 g/mol.